The van der Waals surface area contributed by atoms with Crippen LogP contribution in [0.3, 0.4) is 0 Å². The Morgan fingerprint density at radius 1 is 1.33 bits per heavy atom. The Bertz CT molecular complexity index is 468. The summed E-state index contributed by atoms with van der Waals surface area (Å²) >= 11 is 1.17. The Balaban J connectivity index is 2.46. The van der Waals surface area contributed by atoms with Crippen LogP contribution in [0.5, 0.6) is 0 Å². The molecule has 0 aliphatic heterocycles. The van der Waals surface area contributed by atoms with Gasteiger partial charge < -0.3 is 0 Å². The van der Waals surface area contributed by atoms with E-state index >= 15 is 0 Å². The third-order valence-corrected chi connectivity index (χ3v) is 2.65. The average Bonchev–Trinajstić information content (AvgIpc) is 2.78. The number of rotatable bonds is 2. The quantitative estimate of drug-likeness (QED) is 0.446. The number of benzene rings is 1. The van der Waals surface area contributed by atoms with Crippen LogP contribution in [0.4, 0.5) is 0 Å². The van der Waals surface area contributed by atoms with E-state index in [2.05, 4.69) is 9.59 Å². The summed E-state index contributed by atoms with van der Waals surface area (Å²) < 4.78 is 3.74. The van der Waals surface area contributed by atoms with Crippen molar-refractivity contribution in [2.75, 3.05) is 0 Å². The summed E-state index contributed by atoms with van der Waals surface area (Å²) in [6, 6.07) is 9.46. The Kier molecular flexibility index (Phi) is 2.70. The monoisotopic (exact) mass is 220 g/mol. The summed E-state index contributed by atoms with van der Waals surface area (Å²) in [5, 5.41) is 3.74. The third-order valence-electron chi connectivity index (χ3n) is 1.87. The number of carbonyl (C=O) groups excluding carboxylic acids is 1. The van der Waals surface area contributed by atoms with Gasteiger partial charge in [0.15, 0.2) is 5.69 Å². The van der Waals surface area contributed by atoms with Gasteiger partial charge in [0, 0.05) is 0 Å². The van der Waals surface area contributed by atoms with Crippen LogP contribution >= 0.6 is 11.5 Å². The summed E-state index contributed by atoms with van der Waals surface area (Å²) in [4.78, 5) is 12.1. The highest BCUT2D eigenvalue weighted by atomic mass is 32.1. The van der Waals surface area contributed by atoms with Gasteiger partial charge >= 0.3 is 0 Å². The Labute approximate surface area is 90.1 Å². The molecule has 5 nitrogen and oxygen atoms in total. The maximum Gasteiger partial charge on any atom is 0.287 e. The molecule has 0 aliphatic rings. The molecule has 2 rings (SSSR count). The topological polar surface area (TPSA) is 80.9 Å². The van der Waals surface area contributed by atoms with Crippen molar-refractivity contribution in [3.05, 3.63) is 36.0 Å². The minimum atomic E-state index is -0.428. The largest absolute Gasteiger partial charge is 0.289 e. The number of nitrogens with two attached hydrogens (primary N) is 1. The zero-order chi connectivity index (χ0) is 10.7. The van der Waals surface area contributed by atoms with E-state index in [0.29, 0.717) is 0 Å². The van der Waals surface area contributed by atoms with Crippen LogP contribution < -0.4 is 11.3 Å². The lowest BCUT2D eigenvalue weighted by molar-refractivity contribution is 0.0949. The summed E-state index contributed by atoms with van der Waals surface area (Å²) in [7, 11) is 0. The number of aromatic nitrogens is 2. The van der Waals surface area contributed by atoms with Gasteiger partial charge in [-0.1, -0.05) is 34.8 Å². The van der Waals surface area contributed by atoms with Crippen LogP contribution in [0.15, 0.2) is 30.3 Å². The van der Waals surface area contributed by atoms with Gasteiger partial charge in [-0.15, -0.1) is 5.10 Å². The highest BCUT2D eigenvalue weighted by Crippen LogP contribution is 2.25. The molecular weight excluding hydrogens is 212 g/mol. The molecule has 0 radical (unpaired) electrons. The summed E-state index contributed by atoms with van der Waals surface area (Å²) in [5.41, 5.74) is 3.21. The van der Waals surface area contributed by atoms with Crippen molar-refractivity contribution < 1.29 is 4.79 Å². The van der Waals surface area contributed by atoms with Gasteiger partial charge in [0.1, 0.15) is 0 Å². The molecule has 3 N–H and O–H groups in total. The zero-order valence-electron chi connectivity index (χ0n) is 7.68. The average molecular weight is 220 g/mol. The first-order valence-corrected chi connectivity index (χ1v) is 4.99. The maximum absolute atomic E-state index is 11.3. The molecule has 0 unspecified atom stereocenters. The zero-order valence-corrected chi connectivity index (χ0v) is 8.49. The van der Waals surface area contributed by atoms with Crippen LogP contribution in [0.25, 0.3) is 10.4 Å². The summed E-state index contributed by atoms with van der Waals surface area (Å²) in [6.45, 7) is 0. The minimum Gasteiger partial charge on any atom is -0.289 e. The van der Waals surface area contributed by atoms with E-state index in [1.165, 1.54) is 11.5 Å². The summed E-state index contributed by atoms with van der Waals surface area (Å²) in [5.74, 6) is 4.62. The molecule has 15 heavy (non-hydrogen) atoms. The first kappa shape index (κ1) is 9.75. The molecule has 1 amide bonds. The second-order valence-corrected chi connectivity index (χ2v) is 3.54. The number of hydrogen-bond acceptors (Lipinski definition) is 5. The molecule has 0 saturated heterocycles. The molecule has 2 aromatic rings. The second-order valence-electron chi connectivity index (χ2n) is 2.79. The van der Waals surface area contributed by atoms with E-state index in [1.807, 2.05) is 35.8 Å². The minimum absolute atomic E-state index is 0.258. The third kappa shape index (κ3) is 1.85. The molecule has 0 spiro atoms. The van der Waals surface area contributed by atoms with Crippen LogP contribution in [-0.2, 0) is 0 Å². The number of nitrogens with one attached hydrogen (secondary N) is 1. The molecular formula is C9H8N4OS. The standard InChI is InChI=1S/C9H8N4OS/c10-11-9(14)7-8(15-13-12-7)6-4-2-1-3-5-6/h1-5H,10H2,(H,11,14). The lowest BCUT2D eigenvalue weighted by Gasteiger charge is -1.98. The van der Waals surface area contributed by atoms with Crippen molar-refractivity contribution in [2.24, 2.45) is 5.84 Å². The molecule has 0 fully saturated rings. The van der Waals surface area contributed by atoms with Gasteiger partial charge in [-0.3, -0.25) is 10.2 Å². The number of nitrogens with zero attached hydrogens (tertiary/aromatic N) is 2. The molecule has 76 valence electrons. The normalized spacial score (nSPS) is 9.93. The predicted molar refractivity (Wildman–Crippen MR) is 57.0 cm³/mol. The number of hydrazine groups is 1. The van der Waals surface area contributed by atoms with Crippen molar-refractivity contribution >= 4 is 17.4 Å². The molecule has 0 saturated carbocycles. The van der Waals surface area contributed by atoms with Crippen molar-refractivity contribution in [1.29, 1.82) is 0 Å². The lowest BCUT2D eigenvalue weighted by atomic mass is 10.1. The van der Waals surface area contributed by atoms with Crippen molar-refractivity contribution in [1.82, 2.24) is 15.0 Å². The molecule has 0 aliphatic carbocycles. The van der Waals surface area contributed by atoms with Crippen molar-refractivity contribution in [2.45, 2.75) is 0 Å². The number of nitrogen functional groups attached to an aromatic ring is 1. The van der Waals surface area contributed by atoms with E-state index in [1.54, 1.807) is 0 Å². The molecule has 6 heteroatoms. The molecule has 0 bridgehead atoms. The fourth-order valence-electron chi connectivity index (χ4n) is 1.19. The van der Waals surface area contributed by atoms with Gasteiger partial charge in [-0.2, -0.15) is 0 Å². The van der Waals surface area contributed by atoms with Gasteiger partial charge in [0.05, 0.1) is 4.88 Å². The van der Waals surface area contributed by atoms with Crippen LogP contribution in [0.1, 0.15) is 10.5 Å². The molecule has 1 heterocycles. The van der Waals surface area contributed by atoms with Gasteiger partial charge in [0.2, 0.25) is 0 Å². The van der Waals surface area contributed by atoms with Gasteiger partial charge in [0.25, 0.3) is 5.91 Å². The lowest BCUT2D eigenvalue weighted by Crippen LogP contribution is -2.30. The smallest absolute Gasteiger partial charge is 0.287 e. The second kappa shape index (κ2) is 4.16. The SMILES string of the molecule is NNC(=O)c1nnsc1-c1ccccc1. The Hall–Kier alpha value is -1.79. The van der Waals surface area contributed by atoms with Crippen molar-refractivity contribution in [3.8, 4) is 10.4 Å². The number of amides is 1. The van der Waals surface area contributed by atoms with Gasteiger partial charge in [-0.25, -0.2) is 5.84 Å². The number of hydrogen-bond donors (Lipinski definition) is 2. The first-order valence-electron chi connectivity index (χ1n) is 4.21. The fourth-order valence-corrected chi connectivity index (χ4v) is 1.85. The van der Waals surface area contributed by atoms with Crippen molar-refractivity contribution in [3.63, 3.8) is 0 Å². The highest BCUT2D eigenvalue weighted by Gasteiger charge is 2.16. The van der Waals surface area contributed by atoms with Crippen LogP contribution in [0, 0.1) is 0 Å². The van der Waals surface area contributed by atoms with Gasteiger partial charge in [-0.05, 0) is 17.1 Å². The fraction of sp³-hybridized carbons (Fsp3) is 0. The Morgan fingerprint density at radius 3 is 2.73 bits per heavy atom. The van der Waals surface area contributed by atoms with E-state index in [-0.39, 0.29) is 5.69 Å². The van der Waals surface area contributed by atoms with Crippen LogP contribution in [-0.4, -0.2) is 15.5 Å². The molecule has 1 aromatic carbocycles. The number of carbonyl (C=O) groups is 1. The van der Waals surface area contributed by atoms with Crippen LogP contribution in [0.2, 0.25) is 0 Å². The summed E-state index contributed by atoms with van der Waals surface area (Å²) in [6.07, 6.45) is 0. The van der Waals surface area contributed by atoms with E-state index < -0.39 is 5.91 Å². The van der Waals surface area contributed by atoms with E-state index in [4.69, 9.17) is 5.84 Å². The highest BCUT2D eigenvalue weighted by molar-refractivity contribution is 7.09. The maximum atomic E-state index is 11.3. The van der Waals surface area contributed by atoms with E-state index in [0.717, 1.165) is 10.4 Å². The molecule has 0 atom stereocenters. The Morgan fingerprint density at radius 2 is 2.07 bits per heavy atom. The predicted octanol–water partition coefficient (Wildman–Crippen LogP) is 0.809. The molecule has 1 aromatic heterocycles. The van der Waals surface area contributed by atoms with E-state index in [9.17, 15) is 4.79 Å². The first-order chi connectivity index (χ1) is 7.33.